The Labute approximate surface area is 119 Å². The summed E-state index contributed by atoms with van der Waals surface area (Å²) in [6.07, 6.45) is 0. The van der Waals surface area contributed by atoms with Gasteiger partial charge >= 0.3 is 5.97 Å². The van der Waals surface area contributed by atoms with E-state index in [2.05, 4.69) is 0 Å². The molecule has 0 aromatic heterocycles. The molecular weight excluding hydrogens is 256 g/mol. The van der Waals surface area contributed by atoms with Gasteiger partial charge in [0.2, 0.25) is 5.91 Å². The number of rotatable bonds is 7. The van der Waals surface area contributed by atoms with Crippen LogP contribution in [0, 0.1) is 6.92 Å². The second-order valence-corrected chi connectivity index (χ2v) is 4.65. The van der Waals surface area contributed by atoms with Crippen LogP contribution in [0.5, 0.6) is 0 Å². The molecule has 0 aliphatic carbocycles. The van der Waals surface area contributed by atoms with Gasteiger partial charge in [-0.15, -0.1) is 0 Å². The molecule has 0 bridgehead atoms. The first kappa shape index (κ1) is 16.0. The molecule has 1 N–H and O–H groups in total. The van der Waals surface area contributed by atoms with E-state index in [1.165, 1.54) is 0 Å². The normalized spacial score (nSPS) is 10.2. The second kappa shape index (κ2) is 7.53. The average molecular weight is 278 g/mol. The maximum atomic E-state index is 12.1. The Morgan fingerprint density at radius 2 is 1.60 bits per heavy atom. The van der Waals surface area contributed by atoms with Crippen LogP contribution >= 0.6 is 0 Å². The summed E-state index contributed by atoms with van der Waals surface area (Å²) < 4.78 is 0. The molecule has 1 aromatic carbocycles. The maximum Gasteiger partial charge on any atom is 0.323 e. The van der Waals surface area contributed by atoms with Gasteiger partial charge in [0.05, 0.1) is 6.54 Å². The van der Waals surface area contributed by atoms with Gasteiger partial charge in [0, 0.05) is 18.8 Å². The van der Waals surface area contributed by atoms with E-state index in [1.807, 2.05) is 45.0 Å². The van der Waals surface area contributed by atoms with Crippen molar-refractivity contribution in [2.24, 2.45) is 0 Å². The number of amides is 1. The Hall–Kier alpha value is -2.04. The molecule has 1 amide bonds. The van der Waals surface area contributed by atoms with E-state index >= 15 is 0 Å². The van der Waals surface area contributed by atoms with Crippen LogP contribution in [-0.4, -0.2) is 48.1 Å². The molecule has 0 fully saturated rings. The Morgan fingerprint density at radius 1 is 1.05 bits per heavy atom. The molecule has 0 spiro atoms. The lowest BCUT2D eigenvalue weighted by atomic mass is 10.2. The number of hydrogen-bond donors (Lipinski definition) is 1. The first-order valence-corrected chi connectivity index (χ1v) is 6.79. The molecule has 0 unspecified atom stereocenters. The molecule has 20 heavy (non-hydrogen) atoms. The highest BCUT2D eigenvalue weighted by Gasteiger charge is 2.17. The van der Waals surface area contributed by atoms with Gasteiger partial charge in [0.25, 0.3) is 0 Å². The van der Waals surface area contributed by atoms with E-state index in [0.29, 0.717) is 13.1 Å². The van der Waals surface area contributed by atoms with Gasteiger partial charge in [-0.05, 0) is 32.9 Å². The fraction of sp³-hybridized carbons (Fsp3) is 0.467. The monoisotopic (exact) mass is 278 g/mol. The van der Waals surface area contributed by atoms with Crippen molar-refractivity contribution < 1.29 is 14.7 Å². The van der Waals surface area contributed by atoms with Gasteiger partial charge in [-0.2, -0.15) is 0 Å². The summed E-state index contributed by atoms with van der Waals surface area (Å²) in [7, 11) is 0. The minimum absolute atomic E-state index is 0.0585. The SMILES string of the molecule is CCN(CC)C(=O)CN(CC(=O)O)c1ccc(C)cc1. The summed E-state index contributed by atoms with van der Waals surface area (Å²) in [6.45, 7) is 6.94. The van der Waals surface area contributed by atoms with Crippen molar-refractivity contribution in [3.8, 4) is 0 Å². The van der Waals surface area contributed by atoms with E-state index in [9.17, 15) is 9.59 Å². The number of carboxylic acids is 1. The second-order valence-electron chi connectivity index (χ2n) is 4.65. The van der Waals surface area contributed by atoms with Crippen LogP contribution in [0.25, 0.3) is 0 Å². The first-order valence-electron chi connectivity index (χ1n) is 6.79. The fourth-order valence-corrected chi connectivity index (χ4v) is 2.00. The maximum absolute atomic E-state index is 12.1. The topological polar surface area (TPSA) is 60.9 Å². The zero-order valence-corrected chi connectivity index (χ0v) is 12.3. The smallest absolute Gasteiger partial charge is 0.323 e. The summed E-state index contributed by atoms with van der Waals surface area (Å²) in [4.78, 5) is 26.4. The summed E-state index contributed by atoms with van der Waals surface area (Å²) >= 11 is 0. The zero-order chi connectivity index (χ0) is 15.1. The molecule has 110 valence electrons. The van der Waals surface area contributed by atoms with Crippen LogP contribution in [0.1, 0.15) is 19.4 Å². The van der Waals surface area contributed by atoms with Crippen LogP contribution in [0.2, 0.25) is 0 Å². The van der Waals surface area contributed by atoms with Gasteiger partial charge in [-0.1, -0.05) is 17.7 Å². The first-order chi connectivity index (χ1) is 9.47. The lowest BCUT2D eigenvalue weighted by Crippen LogP contribution is -2.42. The summed E-state index contributed by atoms with van der Waals surface area (Å²) in [5.41, 5.74) is 1.85. The van der Waals surface area contributed by atoms with Crippen LogP contribution in [0.4, 0.5) is 5.69 Å². The Morgan fingerprint density at radius 3 is 2.05 bits per heavy atom. The number of nitrogens with zero attached hydrogens (tertiary/aromatic N) is 2. The largest absolute Gasteiger partial charge is 0.480 e. The van der Waals surface area contributed by atoms with Crippen molar-refractivity contribution in [3.63, 3.8) is 0 Å². The van der Waals surface area contributed by atoms with Crippen LogP contribution in [0.15, 0.2) is 24.3 Å². The molecule has 0 atom stereocenters. The Bertz CT molecular complexity index is 453. The highest BCUT2D eigenvalue weighted by molar-refractivity contribution is 5.84. The minimum atomic E-state index is -0.946. The van der Waals surface area contributed by atoms with Crippen LogP contribution in [0.3, 0.4) is 0 Å². The van der Waals surface area contributed by atoms with Crippen molar-refractivity contribution in [2.45, 2.75) is 20.8 Å². The molecule has 0 saturated heterocycles. The Balaban J connectivity index is 2.87. The standard InChI is InChI=1S/C15H22N2O3/c1-4-16(5-2)14(18)10-17(11-15(19)20)13-8-6-12(3)7-9-13/h6-9H,4-5,10-11H2,1-3H3,(H,19,20). The van der Waals surface area contributed by atoms with Gasteiger partial charge in [0.1, 0.15) is 6.54 Å². The van der Waals surface area contributed by atoms with Crippen LogP contribution in [-0.2, 0) is 9.59 Å². The van der Waals surface area contributed by atoms with E-state index in [4.69, 9.17) is 5.11 Å². The van der Waals surface area contributed by atoms with Gasteiger partial charge in [-0.3, -0.25) is 9.59 Å². The molecule has 5 heteroatoms. The molecule has 1 rings (SSSR count). The molecular formula is C15H22N2O3. The third kappa shape index (κ3) is 4.57. The molecule has 0 aliphatic rings. The van der Waals surface area contributed by atoms with E-state index < -0.39 is 5.97 Å². The summed E-state index contributed by atoms with van der Waals surface area (Å²) in [6, 6.07) is 7.50. The third-order valence-electron chi connectivity index (χ3n) is 3.17. The van der Waals surface area contributed by atoms with Gasteiger partial charge in [-0.25, -0.2) is 0 Å². The lowest BCUT2D eigenvalue weighted by Gasteiger charge is -2.26. The Kier molecular flexibility index (Phi) is 6.03. The average Bonchev–Trinajstić information content (AvgIpc) is 2.39. The highest BCUT2D eigenvalue weighted by atomic mass is 16.4. The van der Waals surface area contributed by atoms with E-state index in [-0.39, 0.29) is 19.0 Å². The van der Waals surface area contributed by atoms with Crippen molar-refractivity contribution in [1.82, 2.24) is 4.90 Å². The number of aryl methyl sites for hydroxylation is 1. The van der Waals surface area contributed by atoms with Gasteiger partial charge in [0.15, 0.2) is 0 Å². The van der Waals surface area contributed by atoms with Gasteiger partial charge < -0.3 is 14.9 Å². The number of likely N-dealkylation sites (N-methyl/N-ethyl adjacent to an activating group) is 1. The number of carboxylic acid groups (broad SMARTS) is 1. The summed E-state index contributed by atoms with van der Waals surface area (Å²) in [5.74, 6) is -1.00. The third-order valence-corrected chi connectivity index (χ3v) is 3.17. The van der Waals surface area contributed by atoms with Crippen molar-refractivity contribution in [1.29, 1.82) is 0 Å². The zero-order valence-electron chi connectivity index (χ0n) is 12.3. The fourth-order valence-electron chi connectivity index (χ4n) is 2.00. The summed E-state index contributed by atoms with van der Waals surface area (Å²) in [5, 5.41) is 9.00. The quantitative estimate of drug-likeness (QED) is 0.825. The highest BCUT2D eigenvalue weighted by Crippen LogP contribution is 2.15. The van der Waals surface area contributed by atoms with E-state index in [0.717, 1.165) is 11.3 Å². The van der Waals surface area contributed by atoms with Crippen molar-refractivity contribution >= 4 is 17.6 Å². The van der Waals surface area contributed by atoms with E-state index in [1.54, 1.807) is 9.80 Å². The number of carbonyl (C=O) groups is 2. The number of anilines is 1. The molecule has 1 aromatic rings. The number of hydrogen-bond acceptors (Lipinski definition) is 3. The predicted octanol–water partition coefficient (Wildman–Crippen LogP) is 1.75. The molecule has 0 radical (unpaired) electrons. The molecule has 0 heterocycles. The number of aliphatic carboxylic acids is 1. The number of carbonyl (C=O) groups excluding carboxylic acids is 1. The minimum Gasteiger partial charge on any atom is -0.480 e. The molecule has 5 nitrogen and oxygen atoms in total. The van der Waals surface area contributed by atoms with Crippen molar-refractivity contribution in [3.05, 3.63) is 29.8 Å². The molecule has 0 saturated carbocycles. The number of benzene rings is 1. The van der Waals surface area contributed by atoms with Crippen molar-refractivity contribution in [2.75, 3.05) is 31.1 Å². The molecule has 0 aliphatic heterocycles. The van der Waals surface area contributed by atoms with Crippen LogP contribution < -0.4 is 4.90 Å². The lowest BCUT2D eigenvalue weighted by molar-refractivity contribution is -0.135. The predicted molar refractivity (Wildman–Crippen MR) is 79.0 cm³/mol.